The fraction of sp³-hybridized carbons (Fsp3) is 0.500. The Bertz CT molecular complexity index is 504. The van der Waals surface area contributed by atoms with Crippen LogP contribution in [0.1, 0.15) is 18.4 Å². The Morgan fingerprint density at radius 1 is 1.41 bits per heavy atom. The molecule has 17 heavy (non-hydrogen) atoms. The lowest BCUT2D eigenvalue weighted by atomic mass is 10.2. The third kappa shape index (κ3) is 2.45. The first kappa shape index (κ1) is 12.4. The molecule has 0 aromatic heterocycles. The average molecular weight is 255 g/mol. The van der Waals surface area contributed by atoms with Crippen molar-refractivity contribution in [3.05, 3.63) is 23.8 Å². The molecule has 2 N–H and O–H groups in total. The van der Waals surface area contributed by atoms with Gasteiger partial charge in [0.2, 0.25) is 0 Å². The zero-order valence-corrected chi connectivity index (χ0v) is 10.7. The van der Waals surface area contributed by atoms with Crippen LogP contribution >= 0.6 is 0 Å². The Balaban J connectivity index is 2.37. The summed E-state index contributed by atoms with van der Waals surface area (Å²) in [7, 11) is -3.36. The molecule has 0 amide bonds. The molecular weight excluding hydrogens is 238 g/mol. The van der Waals surface area contributed by atoms with E-state index in [1.807, 2.05) is 6.92 Å². The summed E-state index contributed by atoms with van der Waals surface area (Å²) >= 11 is 0. The summed E-state index contributed by atoms with van der Waals surface area (Å²) in [5.41, 5.74) is 7.08. The van der Waals surface area contributed by atoms with E-state index in [9.17, 15) is 8.42 Å². The molecule has 5 heteroatoms. The highest BCUT2D eigenvalue weighted by molar-refractivity contribution is 7.92. The third-order valence-corrected chi connectivity index (χ3v) is 5.26. The molecule has 0 aliphatic carbocycles. The average Bonchev–Trinajstić information content (AvgIpc) is 2.29. The quantitative estimate of drug-likeness (QED) is 0.814. The van der Waals surface area contributed by atoms with E-state index < -0.39 is 15.1 Å². The van der Waals surface area contributed by atoms with Gasteiger partial charge < -0.3 is 10.5 Å². The van der Waals surface area contributed by atoms with Crippen molar-refractivity contribution in [2.75, 3.05) is 18.9 Å². The maximum Gasteiger partial charge on any atom is 0.185 e. The fourth-order valence-corrected chi connectivity index (χ4v) is 3.82. The van der Waals surface area contributed by atoms with E-state index in [-0.39, 0.29) is 11.5 Å². The van der Waals surface area contributed by atoms with E-state index in [2.05, 4.69) is 0 Å². The molecule has 1 aromatic carbocycles. The van der Waals surface area contributed by atoms with E-state index in [4.69, 9.17) is 10.5 Å². The standard InChI is InChI=1S/C12H17NO3S/c1-9-4-5-12(11(13)7-9)17(14,15)10-3-2-6-16-8-10/h4-5,7,10H,2-3,6,8,13H2,1H3. The van der Waals surface area contributed by atoms with Crippen LogP contribution in [0, 0.1) is 6.92 Å². The maximum absolute atomic E-state index is 12.4. The Kier molecular flexibility index (Phi) is 3.40. The van der Waals surface area contributed by atoms with Gasteiger partial charge in [-0.2, -0.15) is 0 Å². The van der Waals surface area contributed by atoms with Crippen molar-refractivity contribution in [3.63, 3.8) is 0 Å². The summed E-state index contributed by atoms with van der Waals surface area (Å²) in [5, 5.41) is -0.457. The fourth-order valence-electron chi connectivity index (χ4n) is 2.06. The molecule has 1 saturated heterocycles. The first-order valence-corrected chi connectivity index (χ1v) is 7.24. The highest BCUT2D eigenvalue weighted by Gasteiger charge is 2.30. The van der Waals surface area contributed by atoms with Crippen LogP contribution in [-0.2, 0) is 14.6 Å². The lowest BCUT2D eigenvalue weighted by Crippen LogP contribution is -2.31. The molecule has 1 aromatic rings. The molecule has 0 bridgehead atoms. The first-order chi connectivity index (χ1) is 8.01. The maximum atomic E-state index is 12.4. The van der Waals surface area contributed by atoms with Gasteiger partial charge in [0, 0.05) is 6.61 Å². The van der Waals surface area contributed by atoms with Crippen molar-refractivity contribution in [1.29, 1.82) is 0 Å². The number of sulfone groups is 1. The molecule has 0 spiro atoms. The number of aryl methyl sites for hydroxylation is 1. The Morgan fingerprint density at radius 3 is 2.76 bits per heavy atom. The number of benzene rings is 1. The molecule has 1 fully saturated rings. The summed E-state index contributed by atoms with van der Waals surface area (Å²) in [6, 6.07) is 5.05. The molecular formula is C12H17NO3S. The Morgan fingerprint density at radius 2 is 2.18 bits per heavy atom. The molecule has 1 aliphatic heterocycles. The minimum absolute atomic E-state index is 0.235. The van der Waals surface area contributed by atoms with Crippen LogP contribution in [0.3, 0.4) is 0 Å². The summed E-state index contributed by atoms with van der Waals surface area (Å²) in [4.78, 5) is 0.235. The molecule has 1 aliphatic rings. The van der Waals surface area contributed by atoms with Crippen LogP contribution in [0.5, 0.6) is 0 Å². The van der Waals surface area contributed by atoms with E-state index >= 15 is 0 Å². The molecule has 1 unspecified atom stereocenters. The lowest BCUT2D eigenvalue weighted by molar-refractivity contribution is 0.0991. The second-order valence-corrected chi connectivity index (χ2v) is 6.62. The van der Waals surface area contributed by atoms with Crippen LogP contribution in [-0.4, -0.2) is 26.9 Å². The SMILES string of the molecule is Cc1ccc(S(=O)(=O)C2CCCOC2)c(N)c1. The normalized spacial score (nSPS) is 21.4. The van der Waals surface area contributed by atoms with Gasteiger partial charge in [0.1, 0.15) is 0 Å². The third-order valence-electron chi connectivity index (χ3n) is 3.03. The van der Waals surface area contributed by atoms with E-state index in [1.54, 1.807) is 18.2 Å². The predicted molar refractivity (Wildman–Crippen MR) is 66.6 cm³/mol. The minimum atomic E-state index is -3.36. The van der Waals surface area contributed by atoms with E-state index in [0.29, 0.717) is 18.7 Å². The van der Waals surface area contributed by atoms with E-state index in [0.717, 1.165) is 12.0 Å². The van der Waals surface area contributed by atoms with Gasteiger partial charge in [0.15, 0.2) is 9.84 Å². The number of hydrogen-bond acceptors (Lipinski definition) is 4. The van der Waals surface area contributed by atoms with Gasteiger partial charge in [-0.3, -0.25) is 0 Å². The second-order valence-electron chi connectivity index (χ2n) is 4.43. The summed E-state index contributed by atoms with van der Waals surface area (Å²) < 4.78 is 30.0. The number of nitrogen functional groups attached to an aromatic ring is 1. The summed E-state index contributed by atoms with van der Waals surface area (Å²) in [5.74, 6) is 0. The molecule has 2 rings (SSSR count). The van der Waals surface area contributed by atoms with Crippen molar-refractivity contribution in [3.8, 4) is 0 Å². The van der Waals surface area contributed by atoms with Gasteiger partial charge in [-0.05, 0) is 37.5 Å². The second kappa shape index (κ2) is 4.66. The van der Waals surface area contributed by atoms with Crippen molar-refractivity contribution >= 4 is 15.5 Å². The largest absolute Gasteiger partial charge is 0.398 e. The number of rotatable bonds is 2. The van der Waals surface area contributed by atoms with Gasteiger partial charge in [-0.25, -0.2) is 8.42 Å². The Hall–Kier alpha value is -1.07. The number of anilines is 1. The Labute approximate surface area is 102 Å². The van der Waals surface area contributed by atoms with Crippen LogP contribution in [0.2, 0.25) is 0 Å². The molecule has 0 radical (unpaired) electrons. The van der Waals surface area contributed by atoms with Crippen molar-refractivity contribution in [2.45, 2.75) is 29.9 Å². The van der Waals surface area contributed by atoms with Gasteiger partial charge in [-0.15, -0.1) is 0 Å². The van der Waals surface area contributed by atoms with Crippen molar-refractivity contribution < 1.29 is 13.2 Å². The van der Waals surface area contributed by atoms with Crippen LogP contribution in [0.15, 0.2) is 23.1 Å². The van der Waals surface area contributed by atoms with Gasteiger partial charge >= 0.3 is 0 Å². The topological polar surface area (TPSA) is 69.4 Å². The zero-order valence-electron chi connectivity index (χ0n) is 9.85. The highest BCUT2D eigenvalue weighted by atomic mass is 32.2. The molecule has 1 atom stereocenters. The van der Waals surface area contributed by atoms with Gasteiger partial charge in [-0.1, -0.05) is 6.07 Å². The molecule has 0 saturated carbocycles. The minimum Gasteiger partial charge on any atom is -0.398 e. The number of nitrogens with two attached hydrogens (primary N) is 1. The molecule has 94 valence electrons. The first-order valence-electron chi connectivity index (χ1n) is 5.69. The molecule has 1 heterocycles. The summed E-state index contributed by atoms with van der Waals surface area (Å²) in [6.07, 6.45) is 1.44. The predicted octanol–water partition coefficient (Wildman–Crippen LogP) is 1.53. The summed E-state index contributed by atoms with van der Waals surface area (Å²) in [6.45, 7) is 2.81. The zero-order chi connectivity index (χ0) is 12.5. The number of hydrogen-bond donors (Lipinski definition) is 1. The van der Waals surface area contributed by atoms with Gasteiger partial charge in [0.05, 0.1) is 22.4 Å². The van der Waals surface area contributed by atoms with Gasteiger partial charge in [0.25, 0.3) is 0 Å². The van der Waals surface area contributed by atoms with E-state index in [1.165, 1.54) is 0 Å². The van der Waals surface area contributed by atoms with Crippen molar-refractivity contribution in [1.82, 2.24) is 0 Å². The monoisotopic (exact) mass is 255 g/mol. The van der Waals surface area contributed by atoms with Crippen LogP contribution in [0.4, 0.5) is 5.69 Å². The van der Waals surface area contributed by atoms with Crippen LogP contribution < -0.4 is 5.73 Å². The molecule has 4 nitrogen and oxygen atoms in total. The lowest BCUT2D eigenvalue weighted by Gasteiger charge is -2.22. The smallest absolute Gasteiger partial charge is 0.185 e. The number of ether oxygens (including phenoxy) is 1. The van der Waals surface area contributed by atoms with Crippen LogP contribution in [0.25, 0.3) is 0 Å². The van der Waals surface area contributed by atoms with Crippen molar-refractivity contribution in [2.24, 2.45) is 0 Å². The highest BCUT2D eigenvalue weighted by Crippen LogP contribution is 2.27.